The zero-order valence-corrected chi connectivity index (χ0v) is 13.5. The van der Waals surface area contributed by atoms with Gasteiger partial charge in [-0.1, -0.05) is 40.9 Å². The van der Waals surface area contributed by atoms with Crippen LogP contribution in [0.2, 0.25) is 5.02 Å². The van der Waals surface area contributed by atoms with Gasteiger partial charge in [-0.3, -0.25) is 4.68 Å². The normalized spacial score (nSPS) is 13.8. The van der Waals surface area contributed by atoms with Gasteiger partial charge in [0.05, 0.1) is 11.2 Å². The predicted molar refractivity (Wildman–Crippen MR) is 75.6 cm³/mol. The smallest absolute Gasteiger partial charge is 0.255 e. The van der Waals surface area contributed by atoms with E-state index in [2.05, 4.69) is 25.8 Å². The van der Waals surface area contributed by atoms with Gasteiger partial charge >= 0.3 is 0 Å². The van der Waals surface area contributed by atoms with Gasteiger partial charge in [0.25, 0.3) is 10.0 Å². The lowest BCUT2D eigenvalue weighted by Gasteiger charge is -2.14. The van der Waals surface area contributed by atoms with Crippen LogP contribution < -0.4 is 4.72 Å². The van der Waals surface area contributed by atoms with Gasteiger partial charge in [-0.15, -0.1) is 0 Å². The van der Waals surface area contributed by atoms with Gasteiger partial charge in [0, 0.05) is 18.9 Å². The Hall–Kier alpha value is -0.110. The molecule has 1 rings (SSSR count). The van der Waals surface area contributed by atoms with E-state index in [1.165, 1.54) is 10.9 Å². The summed E-state index contributed by atoms with van der Waals surface area (Å²) in [5, 5.41) is 4.83. The molecule has 0 saturated heterocycles. The second-order valence-electron chi connectivity index (χ2n) is 4.03. The van der Waals surface area contributed by atoms with Gasteiger partial charge in [-0.25, -0.2) is 13.1 Å². The van der Waals surface area contributed by atoms with Crippen molar-refractivity contribution in [2.75, 3.05) is 11.9 Å². The molecule has 18 heavy (non-hydrogen) atoms. The number of hydrogen-bond donors (Lipinski definition) is 1. The molecule has 1 atom stereocenters. The van der Waals surface area contributed by atoms with Crippen molar-refractivity contribution < 1.29 is 8.42 Å². The minimum atomic E-state index is -3.60. The maximum absolute atomic E-state index is 12.1. The largest absolute Gasteiger partial charge is 0.259 e. The van der Waals surface area contributed by atoms with Crippen molar-refractivity contribution in [3.63, 3.8) is 0 Å². The van der Waals surface area contributed by atoms with Crippen molar-refractivity contribution in [1.82, 2.24) is 14.5 Å². The maximum atomic E-state index is 12.1. The van der Waals surface area contributed by atoms with E-state index in [9.17, 15) is 8.42 Å². The van der Waals surface area contributed by atoms with Crippen molar-refractivity contribution in [1.29, 1.82) is 0 Å². The molecular formula is C10H17BrClN3O2S. The van der Waals surface area contributed by atoms with E-state index in [1.807, 2.05) is 6.92 Å². The molecular weight excluding hydrogens is 342 g/mol. The molecule has 5 nitrogen and oxygen atoms in total. The van der Waals surface area contributed by atoms with Gasteiger partial charge in [-0.05, 0) is 12.3 Å². The fourth-order valence-electron chi connectivity index (χ4n) is 1.60. The number of halogens is 2. The van der Waals surface area contributed by atoms with Crippen LogP contribution in [0.25, 0.3) is 0 Å². The first-order chi connectivity index (χ1) is 8.42. The Morgan fingerprint density at radius 3 is 2.72 bits per heavy atom. The molecule has 1 N–H and O–H groups in total. The minimum Gasteiger partial charge on any atom is -0.255 e. The summed E-state index contributed by atoms with van der Waals surface area (Å²) in [5.41, 5.74) is 0. The molecule has 0 saturated carbocycles. The van der Waals surface area contributed by atoms with E-state index in [4.69, 9.17) is 11.6 Å². The predicted octanol–water partition coefficient (Wildman–Crippen LogP) is 2.16. The van der Waals surface area contributed by atoms with Crippen LogP contribution in [0.15, 0.2) is 11.2 Å². The number of rotatable bonds is 7. The summed E-state index contributed by atoms with van der Waals surface area (Å²) < 4.78 is 28.0. The summed E-state index contributed by atoms with van der Waals surface area (Å²) in [4.78, 5) is 0. The maximum Gasteiger partial charge on any atom is 0.259 e. The highest BCUT2D eigenvalue weighted by Gasteiger charge is 2.23. The van der Waals surface area contributed by atoms with Crippen LogP contribution in [0.5, 0.6) is 0 Å². The average Bonchev–Trinajstić information content (AvgIpc) is 2.65. The Morgan fingerprint density at radius 1 is 1.61 bits per heavy atom. The molecule has 0 aromatic carbocycles. The summed E-state index contributed by atoms with van der Waals surface area (Å²) in [5.74, 6) is 0.311. The molecule has 0 aliphatic rings. The standard InChI is InChI=1S/C10H17BrClN3O2S/c1-3-8(4-5-11)6-14-18(16,17)10-9(12)7-13-15(10)2/h7-8,14H,3-6H2,1-2H3. The number of hydrogen-bond acceptors (Lipinski definition) is 3. The third kappa shape index (κ3) is 3.94. The first kappa shape index (κ1) is 15.9. The van der Waals surface area contributed by atoms with Gasteiger partial charge in [-0.2, -0.15) is 5.10 Å². The van der Waals surface area contributed by atoms with E-state index in [0.717, 1.165) is 18.2 Å². The minimum absolute atomic E-state index is 0.0119. The van der Waals surface area contributed by atoms with E-state index < -0.39 is 10.0 Å². The van der Waals surface area contributed by atoms with Gasteiger partial charge in [0.1, 0.15) is 0 Å². The molecule has 0 amide bonds. The van der Waals surface area contributed by atoms with Crippen molar-refractivity contribution in [2.45, 2.75) is 24.8 Å². The second kappa shape index (κ2) is 6.88. The molecule has 104 valence electrons. The first-order valence-corrected chi connectivity index (χ1v) is 8.63. The molecule has 8 heteroatoms. The number of nitrogens with one attached hydrogen (secondary N) is 1. The SMILES string of the molecule is CCC(CCBr)CNS(=O)(=O)c1c(Cl)cnn1C. The van der Waals surface area contributed by atoms with E-state index in [-0.39, 0.29) is 10.0 Å². The second-order valence-corrected chi connectivity index (χ2v) is 6.91. The quantitative estimate of drug-likeness (QED) is 0.760. The summed E-state index contributed by atoms with van der Waals surface area (Å²) in [7, 11) is -2.05. The lowest BCUT2D eigenvalue weighted by Crippen LogP contribution is -2.31. The highest BCUT2D eigenvalue weighted by atomic mass is 79.9. The number of sulfonamides is 1. The van der Waals surface area contributed by atoms with E-state index in [0.29, 0.717) is 12.5 Å². The van der Waals surface area contributed by atoms with Crippen LogP contribution in [0.4, 0.5) is 0 Å². The third-order valence-electron chi connectivity index (χ3n) is 2.75. The summed E-state index contributed by atoms with van der Waals surface area (Å²) in [6.45, 7) is 2.45. The van der Waals surface area contributed by atoms with Gasteiger partial charge in [0.15, 0.2) is 5.03 Å². The van der Waals surface area contributed by atoms with Crippen molar-refractivity contribution >= 4 is 37.6 Å². The molecule has 0 spiro atoms. The fourth-order valence-corrected chi connectivity index (χ4v) is 4.02. The lowest BCUT2D eigenvalue weighted by atomic mass is 10.0. The third-order valence-corrected chi connectivity index (χ3v) is 5.14. The molecule has 0 fully saturated rings. The average molecular weight is 359 g/mol. The molecule has 1 aromatic rings. The summed E-state index contributed by atoms with van der Waals surface area (Å²) in [6.07, 6.45) is 3.18. The van der Waals surface area contributed by atoms with Gasteiger partial charge in [0.2, 0.25) is 0 Å². The Balaban J connectivity index is 2.77. The fraction of sp³-hybridized carbons (Fsp3) is 0.700. The summed E-state index contributed by atoms with van der Waals surface area (Å²) >= 11 is 9.19. The Morgan fingerprint density at radius 2 is 2.28 bits per heavy atom. The lowest BCUT2D eigenvalue weighted by molar-refractivity contribution is 0.480. The van der Waals surface area contributed by atoms with Gasteiger partial charge < -0.3 is 0 Å². The number of aromatic nitrogens is 2. The number of nitrogens with zero attached hydrogens (tertiary/aromatic N) is 2. The molecule has 1 aromatic heterocycles. The molecule has 1 unspecified atom stereocenters. The number of aryl methyl sites for hydroxylation is 1. The molecule has 0 aliphatic carbocycles. The Kier molecular flexibility index (Phi) is 6.10. The molecule has 0 aliphatic heterocycles. The van der Waals surface area contributed by atoms with Crippen molar-refractivity contribution in [3.8, 4) is 0 Å². The monoisotopic (exact) mass is 357 g/mol. The van der Waals surface area contributed by atoms with Crippen molar-refractivity contribution in [2.24, 2.45) is 13.0 Å². The Labute approximate surface area is 121 Å². The van der Waals surface area contributed by atoms with E-state index >= 15 is 0 Å². The topological polar surface area (TPSA) is 64.0 Å². The zero-order chi connectivity index (χ0) is 13.8. The highest BCUT2D eigenvalue weighted by Crippen LogP contribution is 2.20. The first-order valence-electron chi connectivity index (χ1n) is 5.65. The van der Waals surface area contributed by atoms with Crippen molar-refractivity contribution in [3.05, 3.63) is 11.2 Å². The van der Waals surface area contributed by atoms with Crippen LogP contribution in [-0.2, 0) is 17.1 Å². The zero-order valence-electron chi connectivity index (χ0n) is 10.4. The molecule has 1 heterocycles. The Bertz CT molecular complexity index is 470. The number of alkyl halides is 1. The van der Waals surface area contributed by atoms with E-state index in [1.54, 1.807) is 7.05 Å². The van der Waals surface area contributed by atoms with Crippen LogP contribution >= 0.6 is 27.5 Å². The van der Waals surface area contributed by atoms with Crippen LogP contribution in [0.3, 0.4) is 0 Å². The summed E-state index contributed by atoms with van der Waals surface area (Å²) in [6, 6.07) is 0. The molecule has 0 bridgehead atoms. The van der Waals surface area contributed by atoms with Crippen LogP contribution in [-0.4, -0.2) is 30.1 Å². The highest BCUT2D eigenvalue weighted by molar-refractivity contribution is 9.09. The van der Waals surface area contributed by atoms with Crippen LogP contribution in [0.1, 0.15) is 19.8 Å². The van der Waals surface area contributed by atoms with Crippen LogP contribution in [0, 0.1) is 5.92 Å². The molecule has 0 radical (unpaired) electrons.